The van der Waals surface area contributed by atoms with Gasteiger partial charge in [-0.1, -0.05) is 27.5 Å². The molecule has 0 aliphatic rings. The maximum absolute atomic E-state index is 11.5. The highest BCUT2D eigenvalue weighted by molar-refractivity contribution is 9.10. The number of carboxylic acids is 1. The number of aliphatic carboxylic acids is 1. The lowest BCUT2D eigenvalue weighted by molar-refractivity contribution is -0.153. The molecule has 0 aliphatic carbocycles. The number of carboxylic acid groups (broad SMARTS) is 1. The summed E-state index contributed by atoms with van der Waals surface area (Å²) in [7, 11) is 0. The van der Waals surface area contributed by atoms with E-state index in [-0.39, 0.29) is 0 Å². The summed E-state index contributed by atoms with van der Waals surface area (Å²) in [6, 6.07) is 0. The zero-order chi connectivity index (χ0) is 9.28. The number of hydrogen-bond acceptors (Lipinski definition) is 1. The molecule has 0 aliphatic heterocycles. The zero-order valence-corrected chi connectivity index (χ0v) is 7.29. The van der Waals surface area contributed by atoms with Crippen LogP contribution in [0.4, 0.5) is 13.2 Å². The normalized spacial score (nSPS) is 17.5. The topological polar surface area (TPSA) is 37.3 Å². The van der Waals surface area contributed by atoms with Gasteiger partial charge in [-0.05, 0) is 0 Å². The number of hydrogen-bond donors (Lipinski definition) is 1. The number of alkyl halides is 5. The molecule has 0 saturated carbocycles. The first-order chi connectivity index (χ1) is 4.65. The van der Waals surface area contributed by atoms with Crippen molar-refractivity contribution in [3.8, 4) is 0 Å². The Morgan fingerprint density at radius 3 is 2.00 bits per heavy atom. The number of carbonyl (C=O) groups is 1. The van der Waals surface area contributed by atoms with E-state index in [2.05, 4.69) is 15.9 Å². The van der Waals surface area contributed by atoms with Crippen LogP contribution in [0.3, 0.4) is 0 Å². The second kappa shape index (κ2) is 3.18. The summed E-state index contributed by atoms with van der Waals surface area (Å²) >= 11 is 7.18. The first kappa shape index (κ1) is 11.0. The van der Waals surface area contributed by atoms with E-state index in [9.17, 15) is 18.0 Å². The molecule has 0 aromatic rings. The van der Waals surface area contributed by atoms with Crippen LogP contribution in [-0.2, 0) is 4.79 Å². The van der Waals surface area contributed by atoms with Crippen molar-refractivity contribution in [2.45, 2.75) is 16.4 Å². The van der Waals surface area contributed by atoms with Gasteiger partial charge in [0.1, 0.15) is 0 Å². The van der Waals surface area contributed by atoms with Gasteiger partial charge in [0.15, 0.2) is 0 Å². The molecule has 7 heteroatoms. The molecular formula is C4H3BrClF3O2. The fraction of sp³-hybridized carbons (Fsp3) is 0.750. The van der Waals surface area contributed by atoms with Gasteiger partial charge in [-0.25, -0.2) is 4.79 Å². The Hall–Kier alpha value is 0.0300. The second-order valence-electron chi connectivity index (χ2n) is 1.80. The third-order valence-corrected chi connectivity index (χ3v) is 1.65. The molecule has 1 unspecified atom stereocenters. The van der Waals surface area contributed by atoms with Gasteiger partial charge in [0.25, 0.3) is 0 Å². The fourth-order valence-corrected chi connectivity index (χ4v) is 0.797. The van der Waals surface area contributed by atoms with Crippen molar-refractivity contribution >= 4 is 33.5 Å². The Bertz CT molecular complexity index is 167. The van der Waals surface area contributed by atoms with E-state index in [1.807, 2.05) is 0 Å². The molecule has 1 atom stereocenters. The monoisotopic (exact) mass is 254 g/mol. The molecule has 0 fully saturated rings. The maximum Gasteiger partial charge on any atom is 0.392 e. The van der Waals surface area contributed by atoms with E-state index in [4.69, 9.17) is 16.7 Å². The van der Waals surface area contributed by atoms with E-state index in [0.717, 1.165) is 0 Å². The highest BCUT2D eigenvalue weighted by Crippen LogP contribution is 2.36. The van der Waals surface area contributed by atoms with Crippen LogP contribution in [0, 0.1) is 0 Å². The fourth-order valence-electron chi connectivity index (χ4n) is 0.327. The predicted molar refractivity (Wildman–Crippen MR) is 35.8 cm³/mol. The summed E-state index contributed by atoms with van der Waals surface area (Å²) < 4.78 is 32.2. The van der Waals surface area contributed by atoms with Crippen molar-refractivity contribution in [1.82, 2.24) is 0 Å². The van der Waals surface area contributed by atoms with Crippen LogP contribution in [0.15, 0.2) is 0 Å². The van der Waals surface area contributed by atoms with E-state index in [1.54, 1.807) is 0 Å². The van der Waals surface area contributed by atoms with Crippen LogP contribution in [0.2, 0.25) is 0 Å². The molecule has 1 N–H and O–H groups in total. The van der Waals surface area contributed by atoms with E-state index in [1.165, 1.54) is 0 Å². The van der Waals surface area contributed by atoms with Gasteiger partial charge in [0.05, 0.1) is 6.42 Å². The molecule has 66 valence electrons. The standard InChI is InChI=1S/C4H3BrClF3O2/c5-3(6,2(10)11)1-4(7,8)9/h1H2,(H,10,11). The van der Waals surface area contributed by atoms with Gasteiger partial charge in [0.2, 0.25) is 3.78 Å². The van der Waals surface area contributed by atoms with Gasteiger partial charge in [-0.15, -0.1) is 0 Å². The van der Waals surface area contributed by atoms with Crippen molar-refractivity contribution in [1.29, 1.82) is 0 Å². The molecule has 0 spiro atoms. The lowest BCUT2D eigenvalue weighted by atomic mass is 10.3. The van der Waals surface area contributed by atoms with Crippen LogP contribution in [0.5, 0.6) is 0 Å². The van der Waals surface area contributed by atoms with Gasteiger partial charge in [-0.2, -0.15) is 13.2 Å². The Labute approximate surface area is 73.5 Å². The van der Waals surface area contributed by atoms with Gasteiger partial charge in [-0.3, -0.25) is 0 Å². The lowest BCUT2D eigenvalue weighted by Gasteiger charge is -2.15. The minimum absolute atomic E-state index is 1.61. The first-order valence-electron chi connectivity index (χ1n) is 2.33. The Kier molecular flexibility index (Phi) is 3.19. The lowest BCUT2D eigenvalue weighted by Crippen LogP contribution is -2.31. The van der Waals surface area contributed by atoms with Crippen molar-refractivity contribution in [2.75, 3.05) is 0 Å². The molecule has 0 saturated heterocycles. The molecule has 0 heterocycles. The average Bonchev–Trinajstić information content (AvgIpc) is 1.56. The van der Waals surface area contributed by atoms with Crippen LogP contribution in [0.1, 0.15) is 6.42 Å². The van der Waals surface area contributed by atoms with Crippen molar-refractivity contribution in [3.63, 3.8) is 0 Å². The molecule has 0 aromatic carbocycles. The molecular weight excluding hydrogens is 252 g/mol. The highest BCUT2D eigenvalue weighted by Gasteiger charge is 2.44. The number of halogens is 5. The average molecular weight is 255 g/mol. The summed E-state index contributed by atoms with van der Waals surface area (Å²) in [6.45, 7) is 0. The molecule has 0 aromatic heterocycles. The summed E-state index contributed by atoms with van der Waals surface area (Å²) in [5.74, 6) is -1.75. The maximum atomic E-state index is 11.5. The Morgan fingerprint density at radius 2 is 1.91 bits per heavy atom. The zero-order valence-electron chi connectivity index (χ0n) is 4.95. The summed E-state index contributed by atoms with van der Waals surface area (Å²) in [4.78, 5) is 10.0. The minimum atomic E-state index is -4.59. The van der Waals surface area contributed by atoms with Crippen LogP contribution in [0.25, 0.3) is 0 Å². The van der Waals surface area contributed by atoms with E-state index >= 15 is 0 Å². The molecule has 0 bridgehead atoms. The summed E-state index contributed by atoms with van der Waals surface area (Å²) in [5.41, 5.74) is 0. The molecule has 2 nitrogen and oxygen atoms in total. The molecule has 0 amide bonds. The summed E-state index contributed by atoms with van der Waals surface area (Å²) in [5, 5.41) is 8.13. The van der Waals surface area contributed by atoms with Crippen LogP contribution in [-0.4, -0.2) is 21.0 Å². The predicted octanol–water partition coefficient (Wildman–Crippen LogP) is 2.35. The molecule has 11 heavy (non-hydrogen) atoms. The highest BCUT2D eigenvalue weighted by atomic mass is 79.9. The van der Waals surface area contributed by atoms with E-state index in [0.29, 0.717) is 0 Å². The third kappa shape index (κ3) is 4.47. The Morgan fingerprint density at radius 1 is 1.55 bits per heavy atom. The quantitative estimate of drug-likeness (QED) is 0.769. The van der Waals surface area contributed by atoms with E-state index < -0.39 is 22.3 Å². The van der Waals surface area contributed by atoms with Crippen molar-refractivity contribution in [3.05, 3.63) is 0 Å². The third-order valence-electron chi connectivity index (χ3n) is 0.735. The molecule has 0 radical (unpaired) electrons. The van der Waals surface area contributed by atoms with Crippen molar-refractivity contribution < 1.29 is 23.1 Å². The smallest absolute Gasteiger partial charge is 0.392 e. The first-order valence-corrected chi connectivity index (χ1v) is 3.50. The van der Waals surface area contributed by atoms with Gasteiger partial charge < -0.3 is 5.11 Å². The minimum Gasteiger partial charge on any atom is -0.479 e. The summed E-state index contributed by atoms with van der Waals surface area (Å²) in [6.07, 6.45) is -6.21. The van der Waals surface area contributed by atoms with Gasteiger partial charge >= 0.3 is 12.1 Å². The Balaban J connectivity index is 4.25. The second-order valence-corrected chi connectivity index (χ2v) is 4.26. The largest absolute Gasteiger partial charge is 0.479 e. The van der Waals surface area contributed by atoms with Gasteiger partial charge in [0, 0.05) is 0 Å². The van der Waals surface area contributed by atoms with Crippen LogP contribution < -0.4 is 0 Å². The number of rotatable bonds is 2. The van der Waals surface area contributed by atoms with Crippen LogP contribution >= 0.6 is 27.5 Å². The SMILES string of the molecule is O=C(O)C(Cl)(Br)CC(F)(F)F. The molecule has 0 rings (SSSR count). The van der Waals surface area contributed by atoms with Crippen molar-refractivity contribution in [2.24, 2.45) is 0 Å².